The van der Waals surface area contributed by atoms with Crippen molar-refractivity contribution in [2.45, 2.75) is 19.4 Å². The number of para-hydroxylation sites is 2. The lowest BCUT2D eigenvalue weighted by Crippen LogP contribution is -2.23. The number of amides is 1. The summed E-state index contributed by atoms with van der Waals surface area (Å²) in [4.78, 5) is 15.1. The van der Waals surface area contributed by atoms with Crippen LogP contribution < -0.4 is 9.64 Å². The largest absolute Gasteiger partial charge is 0.492 e. The molecule has 2 aliphatic heterocycles. The average molecular weight is 445 g/mol. The van der Waals surface area contributed by atoms with Crippen LogP contribution >= 0.6 is 0 Å². The number of carbonyl (C=O) groups is 1. The smallest absolute Gasteiger partial charge is 0.314 e. The highest BCUT2D eigenvalue weighted by Crippen LogP contribution is 2.43. The van der Waals surface area contributed by atoms with Crippen molar-refractivity contribution >= 4 is 11.6 Å². The van der Waals surface area contributed by atoms with Crippen LogP contribution in [0.1, 0.15) is 33.8 Å². The molecule has 6 nitrogen and oxygen atoms in total. The van der Waals surface area contributed by atoms with Crippen LogP contribution in [0.3, 0.4) is 0 Å². The van der Waals surface area contributed by atoms with Crippen LogP contribution in [0.2, 0.25) is 0 Å². The third-order valence-corrected chi connectivity index (χ3v) is 5.99. The Labute approximate surface area is 187 Å². The molecular formula is C25H17F2N3O3. The van der Waals surface area contributed by atoms with Gasteiger partial charge in [-0.15, -0.1) is 10.2 Å². The molecule has 3 aromatic carbocycles. The van der Waals surface area contributed by atoms with Crippen molar-refractivity contribution in [1.82, 2.24) is 10.2 Å². The minimum Gasteiger partial charge on any atom is -0.492 e. The molecule has 0 saturated carbocycles. The lowest BCUT2D eigenvalue weighted by atomic mass is 9.99. The number of benzene rings is 3. The Bertz CT molecular complexity index is 1400. The zero-order valence-corrected chi connectivity index (χ0v) is 17.3. The summed E-state index contributed by atoms with van der Waals surface area (Å²) in [7, 11) is 0. The average Bonchev–Trinajstić information content (AvgIpc) is 3.58. The fourth-order valence-electron chi connectivity index (χ4n) is 4.43. The van der Waals surface area contributed by atoms with Crippen molar-refractivity contribution in [3.8, 4) is 28.3 Å². The van der Waals surface area contributed by atoms with Crippen LogP contribution in [0.5, 0.6) is 5.75 Å². The summed E-state index contributed by atoms with van der Waals surface area (Å²) in [5, 5.41) is 7.05. The molecule has 6 rings (SSSR count). The number of rotatable bonds is 4. The summed E-state index contributed by atoms with van der Waals surface area (Å²) in [5.41, 5.74) is 5.54. The SMILES string of the molecule is O=C1c2cc(-c3nnc(C(F)F)o3)ccc2CN1c1ccccc1-c1cccc2c1OCC2. The van der Waals surface area contributed by atoms with Gasteiger partial charge in [0, 0.05) is 28.7 Å². The van der Waals surface area contributed by atoms with Gasteiger partial charge in [-0.2, -0.15) is 8.78 Å². The lowest BCUT2D eigenvalue weighted by molar-refractivity contribution is 0.0996. The molecule has 1 amide bonds. The second-order valence-electron chi connectivity index (χ2n) is 7.92. The van der Waals surface area contributed by atoms with Crippen molar-refractivity contribution in [2.75, 3.05) is 11.5 Å². The van der Waals surface area contributed by atoms with Crippen molar-refractivity contribution in [2.24, 2.45) is 0 Å². The molecule has 1 aromatic heterocycles. The zero-order chi connectivity index (χ0) is 22.5. The number of nitrogens with zero attached hydrogens (tertiary/aromatic N) is 3. The third kappa shape index (κ3) is 3.17. The van der Waals surface area contributed by atoms with Crippen molar-refractivity contribution in [3.05, 3.63) is 83.2 Å². The van der Waals surface area contributed by atoms with E-state index in [-0.39, 0.29) is 11.8 Å². The number of alkyl halides is 2. The minimum atomic E-state index is -2.85. The summed E-state index contributed by atoms with van der Waals surface area (Å²) in [5.74, 6) is -0.106. The van der Waals surface area contributed by atoms with Crippen LogP contribution in [0, 0.1) is 0 Å². The maximum atomic E-state index is 13.4. The van der Waals surface area contributed by atoms with Crippen molar-refractivity contribution < 1.29 is 22.7 Å². The second-order valence-corrected chi connectivity index (χ2v) is 7.92. The van der Waals surface area contributed by atoms with Crippen LogP contribution in [-0.4, -0.2) is 22.7 Å². The number of hydrogen-bond donors (Lipinski definition) is 0. The fourth-order valence-corrected chi connectivity index (χ4v) is 4.43. The van der Waals surface area contributed by atoms with E-state index in [1.165, 1.54) is 0 Å². The van der Waals surface area contributed by atoms with E-state index in [2.05, 4.69) is 16.3 Å². The first-order chi connectivity index (χ1) is 16.1. The second kappa shape index (κ2) is 7.51. The summed E-state index contributed by atoms with van der Waals surface area (Å²) < 4.78 is 36.6. The van der Waals surface area contributed by atoms with E-state index in [9.17, 15) is 13.6 Å². The van der Waals surface area contributed by atoms with Gasteiger partial charge in [0.15, 0.2) is 0 Å². The number of ether oxygens (including phenoxy) is 1. The molecule has 0 spiro atoms. The molecule has 3 heterocycles. The normalized spacial score (nSPS) is 14.5. The van der Waals surface area contributed by atoms with Gasteiger partial charge in [-0.25, -0.2) is 0 Å². The molecule has 0 atom stereocenters. The molecule has 0 N–H and O–H groups in total. The Morgan fingerprint density at radius 1 is 0.909 bits per heavy atom. The van der Waals surface area contributed by atoms with Gasteiger partial charge in [-0.1, -0.05) is 42.5 Å². The van der Waals surface area contributed by atoms with Gasteiger partial charge in [-0.3, -0.25) is 4.79 Å². The van der Waals surface area contributed by atoms with Crippen LogP contribution in [0.15, 0.2) is 65.1 Å². The van der Waals surface area contributed by atoms with E-state index >= 15 is 0 Å². The Balaban J connectivity index is 1.38. The first-order valence-corrected chi connectivity index (χ1v) is 10.5. The maximum Gasteiger partial charge on any atom is 0.314 e. The predicted molar refractivity (Wildman–Crippen MR) is 116 cm³/mol. The number of carbonyl (C=O) groups excluding carboxylic acids is 1. The molecule has 0 fully saturated rings. The number of halogens is 2. The summed E-state index contributed by atoms with van der Waals surface area (Å²) in [6, 6.07) is 18.9. The third-order valence-electron chi connectivity index (χ3n) is 5.99. The van der Waals surface area contributed by atoms with Gasteiger partial charge in [0.25, 0.3) is 11.8 Å². The Kier molecular flexibility index (Phi) is 4.46. The molecule has 2 aliphatic rings. The molecule has 164 valence electrons. The predicted octanol–water partition coefficient (Wildman–Crippen LogP) is 5.44. The molecule has 33 heavy (non-hydrogen) atoms. The standard InChI is InChI=1S/C25H17F2N3O3/c26-22(27)24-29-28-23(33-24)15-8-9-16-13-30(25(31)19(16)12-15)20-7-2-1-5-17(20)18-6-3-4-14-10-11-32-21(14)18/h1-9,12,22H,10-11,13H2. The summed E-state index contributed by atoms with van der Waals surface area (Å²) in [6.45, 7) is 1.04. The lowest BCUT2D eigenvalue weighted by Gasteiger charge is -2.21. The molecule has 0 unspecified atom stereocenters. The molecule has 0 bridgehead atoms. The highest BCUT2D eigenvalue weighted by molar-refractivity contribution is 6.12. The van der Waals surface area contributed by atoms with Gasteiger partial charge in [0.05, 0.1) is 18.8 Å². The van der Waals surface area contributed by atoms with Gasteiger partial charge in [0.2, 0.25) is 5.89 Å². The molecule has 0 radical (unpaired) electrons. The quantitative estimate of drug-likeness (QED) is 0.419. The highest BCUT2D eigenvalue weighted by atomic mass is 19.3. The number of fused-ring (bicyclic) bond motifs is 2. The highest BCUT2D eigenvalue weighted by Gasteiger charge is 2.32. The number of anilines is 1. The Morgan fingerprint density at radius 2 is 1.76 bits per heavy atom. The van der Waals surface area contributed by atoms with Crippen molar-refractivity contribution in [3.63, 3.8) is 0 Å². The fraction of sp³-hybridized carbons (Fsp3) is 0.160. The Hall–Kier alpha value is -4.07. The molecule has 8 heteroatoms. The minimum absolute atomic E-state index is 0.0447. The first-order valence-electron chi connectivity index (χ1n) is 10.5. The van der Waals surface area contributed by atoms with Crippen LogP contribution in [-0.2, 0) is 13.0 Å². The van der Waals surface area contributed by atoms with E-state index in [1.807, 2.05) is 36.4 Å². The Morgan fingerprint density at radius 3 is 2.61 bits per heavy atom. The van der Waals surface area contributed by atoms with Gasteiger partial charge in [0.1, 0.15) is 5.75 Å². The molecule has 4 aromatic rings. The topological polar surface area (TPSA) is 68.5 Å². The summed E-state index contributed by atoms with van der Waals surface area (Å²) >= 11 is 0. The van der Waals surface area contributed by atoms with Gasteiger partial charge >= 0.3 is 6.43 Å². The number of aromatic nitrogens is 2. The van der Waals surface area contributed by atoms with E-state index in [4.69, 9.17) is 9.15 Å². The van der Waals surface area contributed by atoms with Gasteiger partial charge in [-0.05, 0) is 29.3 Å². The van der Waals surface area contributed by atoms with E-state index in [0.29, 0.717) is 24.3 Å². The van der Waals surface area contributed by atoms with E-state index in [1.54, 1.807) is 23.1 Å². The van der Waals surface area contributed by atoms with Crippen LogP contribution in [0.25, 0.3) is 22.6 Å². The monoisotopic (exact) mass is 445 g/mol. The van der Waals surface area contributed by atoms with Crippen molar-refractivity contribution in [1.29, 1.82) is 0 Å². The first kappa shape index (κ1) is 19.6. The van der Waals surface area contributed by atoms with E-state index < -0.39 is 12.3 Å². The summed E-state index contributed by atoms with van der Waals surface area (Å²) in [6.07, 6.45) is -1.98. The maximum absolute atomic E-state index is 13.4. The molecular weight excluding hydrogens is 428 g/mol. The van der Waals surface area contributed by atoms with E-state index in [0.717, 1.165) is 40.1 Å². The van der Waals surface area contributed by atoms with Crippen LogP contribution in [0.4, 0.5) is 14.5 Å². The zero-order valence-electron chi connectivity index (χ0n) is 17.3. The molecule has 0 aliphatic carbocycles. The molecule has 0 saturated heterocycles. The number of hydrogen-bond acceptors (Lipinski definition) is 5. The van der Waals surface area contributed by atoms with Gasteiger partial charge < -0.3 is 14.1 Å².